The van der Waals surface area contributed by atoms with Crippen LogP contribution in [0.5, 0.6) is 5.75 Å². The normalized spacial score (nSPS) is 18.7. The number of nitrogens with zero attached hydrogens (tertiary/aromatic N) is 2. The van der Waals surface area contributed by atoms with Crippen LogP contribution in [0.1, 0.15) is 77.1 Å². The maximum atomic E-state index is 5.60. The molecule has 4 heteroatoms. The summed E-state index contributed by atoms with van der Waals surface area (Å²) >= 11 is 0. The third-order valence-corrected chi connectivity index (χ3v) is 4.60. The second kappa shape index (κ2) is 7.83. The third kappa shape index (κ3) is 3.79. The Labute approximate surface area is 129 Å². The largest absolute Gasteiger partial charge is 0.493 e. The molecule has 120 valence electrons. The van der Waals surface area contributed by atoms with E-state index in [1.54, 1.807) is 7.11 Å². The first-order valence-corrected chi connectivity index (χ1v) is 8.53. The van der Waals surface area contributed by atoms with Crippen LogP contribution >= 0.6 is 0 Å². The van der Waals surface area contributed by atoms with Crippen molar-refractivity contribution in [1.82, 2.24) is 15.1 Å². The van der Waals surface area contributed by atoms with Gasteiger partial charge in [0.05, 0.1) is 25.0 Å². The molecule has 0 saturated heterocycles. The molecule has 0 spiro atoms. The summed E-state index contributed by atoms with van der Waals surface area (Å²) in [4.78, 5) is 0. The molecule has 0 radical (unpaired) electrons. The predicted molar refractivity (Wildman–Crippen MR) is 86.8 cm³/mol. The number of aromatic nitrogens is 2. The lowest BCUT2D eigenvalue weighted by Crippen LogP contribution is -2.31. The van der Waals surface area contributed by atoms with Crippen LogP contribution in [0.3, 0.4) is 0 Å². The maximum absolute atomic E-state index is 5.60. The van der Waals surface area contributed by atoms with E-state index in [1.807, 2.05) is 6.20 Å². The van der Waals surface area contributed by atoms with Crippen LogP contribution in [0.15, 0.2) is 6.20 Å². The van der Waals surface area contributed by atoms with Crippen LogP contribution in [-0.2, 0) is 0 Å². The van der Waals surface area contributed by atoms with Crippen molar-refractivity contribution in [2.75, 3.05) is 13.7 Å². The average molecular weight is 293 g/mol. The van der Waals surface area contributed by atoms with Crippen molar-refractivity contribution in [2.24, 2.45) is 5.92 Å². The third-order valence-electron chi connectivity index (χ3n) is 4.60. The molecule has 2 rings (SSSR count). The Morgan fingerprint density at radius 2 is 1.95 bits per heavy atom. The number of ether oxygens (including phenoxy) is 1. The van der Waals surface area contributed by atoms with Crippen LogP contribution in [0.2, 0.25) is 0 Å². The zero-order valence-electron chi connectivity index (χ0n) is 14.1. The molecule has 1 atom stereocenters. The number of methoxy groups -OCH3 is 1. The van der Waals surface area contributed by atoms with Crippen molar-refractivity contribution in [1.29, 1.82) is 0 Å². The average Bonchev–Trinajstić information content (AvgIpc) is 2.71. The van der Waals surface area contributed by atoms with E-state index in [4.69, 9.17) is 4.74 Å². The zero-order valence-corrected chi connectivity index (χ0v) is 14.1. The van der Waals surface area contributed by atoms with Crippen molar-refractivity contribution in [3.8, 4) is 5.75 Å². The summed E-state index contributed by atoms with van der Waals surface area (Å²) in [6, 6.07) is 0.712. The lowest BCUT2D eigenvalue weighted by atomic mass is 9.89. The number of nitrogens with one attached hydrogen (secondary N) is 1. The summed E-state index contributed by atoms with van der Waals surface area (Å²) in [5, 5.41) is 8.27. The van der Waals surface area contributed by atoms with Gasteiger partial charge in [-0.05, 0) is 39.2 Å². The van der Waals surface area contributed by atoms with E-state index in [0.29, 0.717) is 18.0 Å². The van der Waals surface area contributed by atoms with Gasteiger partial charge in [-0.25, -0.2) is 0 Å². The molecule has 21 heavy (non-hydrogen) atoms. The van der Waals surface area contributed by atoms with Crippen molar-refractivity contribution in [2.45, 2.75) is 71.4 Å². The van der Waals surface area contributed by atoms with Gasteiger partial charge in [-0.3, -0.25) is 4.68 Å². The van der Waals surface area contributed by atoms with E-state index in [-0.39, 0.29) is 0 Å². The first kappa shape index (κ1) is 16.3. The van der Waals surface area contributed by atoms with Crippen LogP contribution in [-0.4, -0.2) is 23.4 Å². The Balaban J connectivity index is 2.33. The highest BCUT2D eigenvalue weighted by molar-refractivity contribution is 5.29. The van der Waals surface area contributed by atoms with E-state index < -0.39 is 0 Å². The van der Waals surface area contributed by atoms with Crippen LogP contribution in [0.25, 0.3) is 0 Å². The summed E-state index contributed by atoms with van der Waals surface area (Å²) in [6.07, 6.45) is 9.96. The summed E-state index contributed by atoms with van der Waals surface area (Å²) in [7, 11) is 1.75. The molecular weight excluding hydrogens is 262 g/mol. The lowest BCUT2D eigenvalue weighted by Gasteiger charge is -2.29. The smallest absolute Gasteiger partial charge is 0.161 e. The second-order valence-corrected chi connectivity index (χ2v) is 6.42. The fraction of sp³-hybridized carbons (Fsp3) is 0.824. The van der Waals surface area contributed by atoms with Gasteiger partial charge in [-0.1, -0.05) is 32.6 Å². The van der Waals surface area contributed by atoms with Gasteiger partial charge in [0.2, 0.25) is 0 Å². The molecule has 0 aromatic carbocycles. The Kier molecular flexibility index (Phi) is 6.09. The van der Waals surface area contributed by atoms with Gasteiger partial charge in [0.25, 0.3) is 0 Å². The van der Waals surface area contributed by atoms with Crippen LogP contribution in [0, 0.1) is 5.92 Å². The van der Waals surface area contributed by atoms with Gasteiger partial charge >= 0.3 is 0 Å². The quantitative estimate of drug-likeness (QED) is 0.803. The molecule has 1 aromatic heterocycles. The monoisotopic (exact) mass is 293 g/mol. The van der Waals surface area contributed by atoms with Crippen molar-refractivity contribution < 1.29 is 4.74 Å². The topological polar surface area (TPSA) is 39.1 Å². The highest BCUT2D eigenvalue weighted by atomic mass is 16.5. The first-order chi connectivity index (χ1) is 10.2. The minimum absolute atomic E-state index is 0.355. The molecule has 0 amide bonds. The van der Waals surface area contributed by atoms with Gasteiger partial charge < -0.3 is 10.1 Å². The molecule has 4 nitrogen and oxygen atoms in total. The van der Waals surface area contributed by atoms with Gasteiger partial charge in [-0.15, -0.1) is 0 Å². The molecule has 0 bridgehead atoms. The number of hydrogen-bond acceptors (Lipinski definition) is 3. The van der Waals surface area contributed by atoms with E-state index in [1.165, 1.54) is 44.2 Å². The fourth-order valence-electron chi connectivity index (χ4n) is 3.57. The summed E-state index contributed by atoms with van der Waals surface area (Å²) < 4.78 is 7.74. The predicted octanol–water partition coefficient (Wildman–Crippen LogP) is 4.09. The van der Waals surface area contributed by atoms with Crippen molar-refractivity contribution in [3.63, 3.8) is 0 Å². The molecule has 1 N–H and O–H groups in total. The van der Waals surface area contributed by atoms with E-state index in [2.05, 4.69) is 35.9 Å². The second-order valence-electron chi connectivity index (χ2n) is 6.42. The van der Waals surface area contributed by atoms with Crippen molar-refractivity contribution >= 4 is 0 Å². The molecule has 1 fully saturated rings. The Morgan fingerprint density at radius 1 is 1.29 bits per heavy atom. The Morgan fingerprint density at radius 3 is 2.48 bits per heavy atom. The lowest BCUT2D eigenvalue weighted by molar-refractivity contribution is 0.295. The van der Waals surface area contributed by atoms with E-state index in [9.17, 15) is 0 Å². The van der Waals surface area contributed by atoms with Gasteiger partial charge in [-0.2, -0.15) is 5.10 Å². The number of rotatable bonds is 6. The minimum Gasteiger partial charge on any atom is -0.493 e. The molecule has 0 aliphatic heterocycles. The highest BCUT2D eigenvalue weighted by Gasteiger charge is 2.30. The van der Waals surface area contributed by atoms with Crippen LogP contribution < -0.4 is 10.1 Å². The summed E-state index contributed by atoms with van der Waals surface area (Å²) in [5.41, 5.74) is 1.24. The minimum atomic E-state index is 0.355. The van der Waals surface area contributed by atoms with Gasteiger partial charge in [0, 0.05) is 6.04 Å². The zero-order chi connectivity index (χ0) is 15.2. The maximum Gasteiger partial charge on any atom is 0.161 e. The molecule has 1 aliphatic carbocycles. The molecule has 1 heterocycles. The molecule has 1 unspecified atom stereocenters. The summed E-state index contributed by atoms with van der Waals surface area (Å²) in [5.74, 6) is 1.62. The fourth-order valence-corrected chi connectivity index (χ4v) is 3.57. The van der Waals surface area contributed by atoms with E-state index >= 15 is 0 Å². The standard InChI is InChI=1S/C17H31N3O/c1-5-18-16(14-10-8-6-7-9-11-14)17-15(21-4)12-19-20(17)13(2)3/h12-14,16,18H,5-11H2,1-4H3. The molecule has 1 saturated carbocycles. The van der Waals surface area contributed by atoms with Gasteiger partial charge in [0.1, 0.15) is 0 Å². The Bertz CT molecular complexity index is 420. The molecule has 1 aliphatic rings. The van der Waals surface area contributed by atoms with Crippen molar-refractivity contribution in [3.05, 3.63) is 11.9 Å². The molecule has 1 aromatic rings. The molecular formula is C17H31N3O. The van der Waals surface area contributed by atoms with E-state index in [0.717, 1.165) is 12.3 Å². The number of hydrogen-bond donors (Lipinski definition) is 1. The highest BCUT2D eigenvalue weighted by Crippen LogP contribution is 2.38. The summed E-state index contributed by atoms with van der Waals surface area (Å²) in [6.45, 7) is 7.54. The SMILES string of the molecule is CCNC(c1c(OC)cnn1C(C)C)C1CCCCCC1. The first-order valence-electron chi connectivity index (χ1n) is 8.53. The van der Waals surface area contributed by atoms with Gasteiger partial charge in [0.15, 0.2) is 5.75 Å². The van der Waals surface area contributed by atoms with Crippen LogP contribution in [0.4, 0.5) is 0 Å². The Hall–Kier alpha value is -1.03.